The van der Waals surface area contributed by atoms with Crippen molar-refractivity contribution in [3.8, 4) is 0 Å². The molecule has 6 atom stereocenters. The van der Waals surface area contributed by atoms with Gasteiger partial charge in [-0.25, -0.2) is 9.59 Å². The molecule has 0 radical (unpaired) electrons. The fourth-order valence-corrected chi connectivity index (χ4v) is 6.60. The van der Waals surface area contributed by atoms with Gasteiger partial charge in [0.25, 0.3) is 0 Å². The fraction of sp³-hybridized carbons (Fsp3) is 0.400. The molecule has 0 aliphatic heterocycles. The summed E-state index contributed by atoms with van der Waals surface area (Å²) in [5, 5.41) is 0. The molecule has 0 spiro atoms. The van der Waals surface area contributed by atoms with E-state index in [4.69, 9.17) is 9.47 Å². The van der Waals surface area contributed by atoms with Crippen molar-refractivity contribution in [2.75, 3.05) is 13.2 Å². The average molecular weight is 457 g/mol. The van der Waals surface area contributed by atoms with Crippen LogP contribution in [-0.4, -0.2) is 25.2 Å². The molecule has 4 heteroatoms. The van der Waals surface area contributed by atoms with Crippen LogP contribution in [-0.2, 0) is 19.1 Å². The number of esters is 2. The Hall–Kier alpha value is -3.14. The van der Waals surface area contributed by atoms with Crippen LogP contribution < -0.4 is 0 Å². The van der Waals surface area contributed by atoms with Crippen molar-refractivity contribution in [2.24, 2.45) is 35.5 Å². The van der Waals surface area contributed by atoms with E-state index in [0.29, 0.717) is 36.9 Å². The normalized spacial score (nSPS) is 29.5. The summed E-state index contributed by atoms with van der Waals surface area (Å²) in [7, 11) is 0. The lowest BCUT2D eigenvalue weighted by atomic mass is 9.76. The van der Waals surface area contributed by atoms with E-state index in [1.54, 1.807) is 12.2 Å². The fourth-order valence-electron chi connectivity index (χ4n) is 6.60. The standard InChI is InChI=1S/C30H32O4/c31-29(13-11-21-7-3-1-4-8-21)33-19-23-15-26-24-17-25(27(18-24)28(26)16-23)20-34-30(32)14-12-22-9-5-2-6-10-22/h1-14,23-28H,15-20H2/b13-11+,14-12+. The van der Waals surface area contributed by atoms with Gasteiger partial charge in [0.05, 0.1) is 13.2 Å². The second kappa shape index (κ2) is 10.4. The molecule has 4 nitrogen and oxygen atoms in total. The highest BCUT2D eigenvalue weighted by atomic mass is 16.5. The third kappa shape index (κ3) is 5.32. The Labute approximate surface area is 201 Å². The van der Waals surface area contributed by atoms with Crippen LogP contribution in [0.1, 0.15) is 36.8 Å². The van der Waals surface area contributed by atoms with E-state index in [9.17, 15) is 9.59 Å². The van der Waals surface area contributed by atoms with Gasteiger partial charge < -0.3 is 9.47 Å². The average Bonchev–Trinajstić information content (AvgIpc) is 3.57. The molecule has 0 aromatic heterocycles. The molecule has 3 fully saturated rings. The molecule has 3 aliphatic carbocycles. The molecule has 34 heavy (non-hydrogen) atoms. The third-order valence-electron chi connectivity index (χ3n) is 8.03. The highest BCUT2D eigenvalue weighted by Crippen LogP contribution is 2.62. The number of carbonyl (C=O) groups excluding carboxylic acids is 2. The molecule has 3 saturated carbocycles. The monoisotopic (exact) mass is 456 g/mol. The third-order valence-corrected chi connectivity index (χ3v) is 8.03. The number of ether oxygens (including phenoxy) is 2. The first kappa shape index (κ1) is 22.6. The SMILES string of the molecule is O=C(/C=C/c1ccccc1)OCC1CC2C3CC(COC(=O)/C=C/c4ccccc4)C(C3)C2C1. The van der Waals surface area contributed by atoms with Crippen molar-refractivity contribution in [2.45, 2.75) is 25.7 Å². The van der Waals surface area contributed by atoms with Gasteiger partial charge in [0.1, 0.15) is 0 Å². The first-order chi connectivity index (χ1) is 16.7. The number of benzene rings is 2. The Bertz CT molecular complexity index is 1040. The Morgan fingerprint density at radius 3 is 1.85 bits per heavy atom. The lowest BCUT2D eigenvalue weighted by Crippen LogP contribution is -2.28. The lowest BCUT2D eigenvalue weighted by molar-refractivity contribution is -0.140. The Balaban J connectivity index is 1.06. The Morgan fingerprint density at radius 2 is 1.24 bits per heavy atom. The topological polar surface area (TPSA) is 52.6 Å². The molecule has 2 aromatic rings. The van der Waals surface area contributed by atoms with Crippen molar-refractivity contribution in [3.05, 3.63) is 83.9 Å². The van der Waals surface area contributed by atoms with Gasteiger partial charge in [0.15, 0.2) is 0 Å². The van der Waals surface area contributed by atoms with Gasteiger partial charge in [-0.05, 0) is 84.5 Å². The molecule has 2 aromatic carbocycles. The highest BCUT2D eigenvalue weighted by molar-refractivity contribution is 5.87. The van der Waals surface area contributed by atoms with Crippen LogP contribution in [0.4, 0.5) is 0 Å². The predicted molar refractivity (Wildman–Crippen MR) is 132 cm³/mol. The van der Waals surface area contributed by atoms with Crippen molar-refractivity contribution in [3.63, 3.8) is 0 Å². The summed E-state index contributed by atoms with van der Waals surface area (Å²) in [6.07, 6.45) is 11.4. The van der Waals surface area contributed by atoms with E-state index in [-0.39, 0.29) is 11.9 Å². The maximum absolute atomic E-state index is 12.2. The van der Waals surface area contributed by atoms with Crippen molar-refractivity contribution < 1.29 is 19.1 Å². The van der Waals surface area contributed by atoms with Crippen LogP contribution in [0.5, 0.6) is 0 Å². The van der Waals surface area contributed by atoms with E-state index in [1.165, 1.54) is 18.6 Å². The van der Waals surface area contributed by atoms with E-state index in [1.807, 2.05) is 60.7 Å². The van der Waals surface area contributed by atoms with Crippen molar-refractivity contribution in [1.82, 2.24) is 0 Å². The van der Waals surface area contributed by atoms with Gasteiger partial charge in [-0.2, -0.15) is 0 Å². The van der Waals surface area contributed by atoms with E-state index < -0.39 is 0 Å². The zero-order valence-corrected chi connectivity index (χ0v) is 19.4. The number of hydrogen-bond donors (Lipinski definition) is 0. The number of hydrogen-bond acceptors (Lipinski definition) is 4. The quantitative estimate of drug-likeness (QED) is 0.372. The summed E-state index contributed by atoms with van der Waals surface area (Å²) >= 11 is 0. The molecule has 6 unspecified atom stereocenters. The smallest absolute Gasteiger partial charge is 0.330 e. The van der Waals surface area contributed by atoms with Crippen LogP contribution in [0.3, 0.4) is 0 Å². The first-order valence-corrected chi connectivity index (χ1v) is 12.5. The summed E-state index contributed by atoms with van der Waals surface area (Å²) < 4.78 is 11.2. The Morgan fingerprint density at radius 1 is 0.676 bits per heavy atom. The number of carbonyl (C=O) groups is 2. The van der Waals surface area contributed by atoms with Crippen LogP contribution in [0.2, 0.25) is 0 Å². The molecule has 0 saturated heterocycles. The minimum atomic E-state index is -0.266. The van der Waals surface area contributed by atoms with Gasteiger partial charge >= 0.3 is 11.9 Å². The summed E-state index contributed by atoms with van der Waals surface area (Å²) in [5.74, 6) is 3.20. The number of rotatable bonds is 8. The van der Waals surface area contributed by atoms with Gasteiger partial charge in [-0.3, -0.25) is 0 Å². The number of fused-ring (bicyclic) bond motifs is 5. The molecule has 3 aliphatic rings. The largest absolute Gasteiger partial charge is 0.462 e. The van der Waals surface area contributed by atoms with Gasteiger partial charge in [-0.15, -0.1) is 0 Å². The molecule has 0 amide bonds. The minimum Gasteiger partial charge on any atom is -0.462 e. The van der Waals surface area contributed by atoms with Gasteiger partial charge in [-0.1, -0.05) is 60.7 Å². The summed E-state index contributed by atoms with van der Waals surface area (Å²) in [6, 6.07) is 19.6. The Kier molecular flexibility index (Phi) is 6.94. The zero-order valence-electron chi connectivity index (χ0n) is 19.4. The van der Waals surface area contributed by atoms with Crippen LogP contribution in [0.25, 0.3) is 12.2 Å². The maximum atomic E-state index is 12.2. The minimum absolute atomic E-state index is 0.261. The van der Waals surface area contributed by atoms with Gasteiger partial charge in [0.2, 0.25) is 0 Å². The van der Waals surface area contributed by atoms with Gasteiger partial charge in [0, 0.05) is 12.2 Å². The highest BCUT2D eigenvalue weighted by Gasteiger charge is 2.56. The lowest BCUT2D eigenvalue weighted by Gasteiger charge is -2.31. The molecule has 5 rings (SSSR count). The summed E-state index contributed by atoms with van der Waals surface area (Å²) in [4.78, 5) is 24.3. The second-order valence-corrected chi connectivity index (χ2v) is 10.1. The predicted octanol–water partition coefficient (Wildman–Crippen LogP) is 5.80. The van der Waals surface area contributed by atoms with Crippen LogP contribution in [0.15, 0.2) is 72.8 Å². The molecular weight excluding hydrogens is 424 g/mol. The molecule has 176 valence electrons. The maximum Gasteiger partial charge on any atom is 0.330 e. The first-order valence-electron chi connectivity index (χ1n) is 12.5. The molecule has 2 bridgehead atoms. The van der Waals surface area contributed by atoms with E-state index in [0.717, 1.165) is 42.2 Å². The molecule has 0 heterocycles. The zero-order chi connectivity index (χ0) is 23.3. The van der Waals surface area contributed by atoms with Crippen LogP contribution >= 0.6 is 0 Å². The van der Waals surface area contributed by atoms with Crippen LogP contribution in [0, 0.1) is 35.5 Å². The van der Waals surface area contributed by atoms with E-state index in [2.05, 4.69) is 0 Å². The van der Waals surface area contributed by atoms with Crippen molar-refractivity contribution in [1.29, 1.82) is 0 Å². The summed E-state index contributed by atoms with van der Waals surface area (Å²) in [5.41, 5.74) is 1.99. The second-order valence-electron chi connectivity index (χ2n) is 10.1. The molecule has 0 N–H and O–H groups in total. The van der Waals surface area contributed by atoms with E-state index >= 15 is 0 Å². The summed E-state index contributed by atoms with van der Waals surface area (Å²) in [6.45, 7) is 1.03. The van der Waals surface area contributed by atoms with Crippen molar-refractivity contribution >= 4 is 24.1 Å². The molecular formula is C30H32O4.